The molecule has 2 aromatic carbocycles. The van der Waals surface area contributed by atoms with Crippen LogP contribution in [0.3, 0.4) is 0 Å². The number of carbonyl (C=O) groups excluding carboxylic acids is 1. The molecular formula is C26H26BrN3O3. The lowest BCUT2D eigenvalue weighted by Crippen LogP contribution is -2.27. The zero-order chi connectivity index (χ0) is 23.0. The second-order valence-corrected chi connectivity index (χ2v) is 8.72. The predicted octanol–water partition coefficient (Wildman–Crippen LogP) is 5.67. The van der Waals surface area contributed by atoms with Gasteiger partial charge in [0, 0.05) is 29.4 Å². The first-order chi connectivity index (χ1) is 16.2. The number of rotatable bonds is 5. The summed E-state index contributed by atoms with van der Waals surface area (Å²) in [5.74, 6) is 1.44. The molecule has 2 aromatic heterocycles. The van der Waals surface area contributed by atoms with Crippen molar-refractivity contribution in [3.05, 3.63) is 83.0 Å². The minimum atomic E-state index is 0.177. The van der Waals surface area contributed by atoms with Crippen molar-refractivity contribution in [3.63, 3.8) is 0 Å². The molecule has 1 aliphatic heterocycles. The number of pyridine rings is 1. The third kappa shape index (κ3) is 5.31. The van der Waals surface area contributed by atoms with Gasteiger partial charge in [-0.05, 0) is 46.3 Å². The number of hydrogen-bond donors (Lipinski definition) is 0. The topological polar surface area (TPSA) is 66.2 Å². The van der Waals surface area contributed by atoms with Crippen molar-refractivity contribution < 1.29 is 14.3 Å². The van der Waals surface area contributed by atoms with Gasteiger partial charge in [0.1, 0.15) is 5.82 Å². The third-order valence-electron chi connectivity index (χ3n) is 5.77. The van der Waals surface area contributed by atoms with Gasteiger partial charge in [-0.15, -0.1) is 0 Å². The maximum Gasteiger partial charge on any atom is 0.292 e. The Labute approximate surface area is 201 Å². The van der Waals surface area contributed by atoms with Crippen LogP contribution in [0.1, 0.15) is 24.4 Å². The molecule has 3 heterocycles. The van der Waals surface area contributed by atoms with Crippen molar-refractivity contribution in [3.8, 4) is 11.4 Å². The summed E-state index contributed by atoms with van der Waals surface area (Å²) in [4.78, 5) is 18.5. The van der Waals surface area contributed by atoms with E-state index < -0.39 is 0 Å². The van der Waals surface area contributed by atoms with Crippen LogP contribution in [0.15, 0.2) is 77.4 Å². The van der Waals surface area contributed by atoms with Crippen LogP contribution in [0, 0.1) is 5.92 Å². The van der Waals surface area contributed by atoms with E-state index >= 15 is 0 Å². The molecular weight excluding hydrogens is 482 g/mol. The molecule has 33 heavy (non-hydrogen) atoms. The number of aromatic nitrogens is 3. The lowest BCUT2D eigenvalue weighted by Gasteiger charge is -2.33. The van der Waals surface area contributed by atoms with E-state index in [1.165, 1.54) is 12.7 Å². The van der Waals surface area contributed by atoms with Crippen LogP contribution >= 0.6 is 15.9 Å². The number of methoxy groups -OCH3 is 1. The van der Waals surface area contributed by atoms with Crippen molar-refractivity contribution in [1.82, 2.24) is 14.5 Å². The lowest BCUT2D eigenvalue weighted by atomic mass is 9.86. The van der Waals surface area contributed by atoms with Crippen molar-refractivity contribution in [2.45, 2.75) is 18.9 Å². The summed E-state index contributed by atoms with van der Waals surface area (Å²) in [5.41, 5.74) is 4.24. The molecule has 1 fully saturated rings. The molecule has 6 nitrogen and oxygen atoms in total. The van der Waals surface area contributed by atoms with Gasteiger partial charge in [-0.2, -0.15) is 0 Å². The summed E-state index contributed by atoms with van der Waals surface area (Å²) in [6.07, 6.45) is 3.89. The summed E-state index contributed by atoms with van der Waals surface area (Å²) in [6.45, 7) is 1.99. The molecule has 1 aliphatic rings. The van der Waals surface area contributed by atoms with E-state index in [0.29, 0.717) is 12.4 Å². The molecule has 0 saturated carbocycles. The summed E-state index contributed by atoms with van der Waals surface area (Å²) in [6, 6.07) is 23.5. The summed E-state index contributed by atoms with van der Waals surface area (Å²) in [7, 11) is 1.31. The Hall–Kier alpha value is -3.03. The Morgan fingerprint density at radius 1 is 1.09 bits per heavy atom. The maximum atomic E-state index is 8.95. The number of halogens is 1. The van der Waals surface area contributed by atoms with E-state index in [1.54, 1.807) is 0 Å². The highest BCUT2D eigenvalue weighted by atomic mass is 79.9. The molecule has 5 rings (SSSR count). The highest BCUT2D eigenvalue weighted by Crippen LogP contribution is 2.39. The third-order valence-corrected chi connectivity index (χ3v) is 6.21. The molecule has 1 unspecified atom stereocenters. The fourth-order valence-corrected chi connectivity index (χ4v) is 4.66. The maximum absolute atomic E-state index is 8.95. The highest BCUT2D eigenvalue weighted by molar-refractivity contribution is 9.10. The largest absolute Gasteiger partial charge is 0.471 e. The fourth-order valence-electron chi connectivity index (χ4n) is 4.34. The normalized spacial score (nSPS) is 14.8. The number of fused-ring (bicyclic) bond motifs is 1. The molecule has 0 bridgehead atoms. The number of imidazole rings is 1. The van der Waals surface area contributed by atoms with Crippen LogP contribution in [0.4, 0.5) is 0 Å². The molecule has 4 aromatic rings. The second kappa shape index (κ2) is 11.2. The van der Waals surface area contributed by atoms with Gasteiger partial charge >= 0.3 is 0 Å². The van der Waals surface area contributed by atoms with Crippen molar-refractivity contribution in [2.75, 3.05) is 20.3 Å². The number of carbonyl (C=O) groups is 1. The lowest BCUT2D eigenvalue weighted by molar-refractivity contribution is -0.126. The van der Waals surface area contributed by atoms with Gasteiger partial charge in [-0.25, -0.2) is 9.97 Å². The first-order valence-electron chi connectivity index (χ1n) is 10.9. The van der Waals surface area contributed by atoms with Gasteiger partial charge in [-0.1, -0.05) is 60.7 Å². The monoisotopic (exact) mass is 507 g/mol. The van der Waals surface area contributed by atoms with Crippen LogP contribution < -0.4 is 0 Å². The molecule has 7 heteroatoms. The number of benzene rings is 2. The van der Waals surface area contributed by atoms with Gasteiger partial charge < -0.3 is 14.0 Å². The molecule has 1 atom stereocenters. The van der Waals surface area contributed by atoms with E-state index in [0.717, 1.165) is 53.1 Å². The molecule has 1 saturated heterocycles. The minimum absolute atomic E-state index is 0.177. The zero-order valence-corrected chi connectivity index (χ0v) is 20.0. The van der Waals surface area contributed by atoms with Crippen LogP contribution in [0.2, 0.25) is 0 Å². The van der Waals surface area contributed by atoms with Crippen LogP contribution in [-0.4, -0.2) is 41.3 Å². The molecule has 0 N–H and O–H groups in total. The van der Waals surface area contributed by atoms with Gasteiger partial charge in [0.05, 0.1) is 18.7 Å². The Morgan fingerprint density at radius 3 is 2.36 bits per heavy atom. The fraction of sp³-hybridized carbons (Fsp3) is 0.269. The van der Waals surface area contributed by atoms with Gasteiger partial charge in [-0.3, -0.25) is 4.79 Å². The van der Waals surface area contributed by atoms with E-state index in [-0.39, 0.29) is 6.04 Å². The van der Waals surface area contributed by atoms with Gasteiger partial charge in [0.25, 0.3) is 6.47 Å². The van der Waals surface area contributed by atoms with Crippen molar-refractivity contribution >= 4 is 33.6 Å². The van der Waals surface area contributed by atoms with Crippen LogP contribution in [-0.2, 0) is 14.3 Å². The zero-order valence-electron chi connectivity index (χ0n) is 18.4. The summed E-state index contributed by atoms with van der Waals surface area (Å²) < 4.78 is 12.9. The smallest absolute Gasteiger partial charge is 0.292 e. The summed E-state index contributed by atoms with van der Waals surface area (Å²) >= 11 is 3.61. The Kier molecular flexibility index (Phi) is 7.86. The Bertz CT molecular complexity index is 1180. The van der Waals surface area contributed by atoms with Crippen LogP contribution in [0.25, 0.3) is 22.6 Å². The average molecular weight is 508 g/mol. The molecule has 0 spiro atoms. The predicted molar refractivity (Wildman–Crippen MR) is 132 cm³/mol. The SMILES string of the molecule is Brc1cnc2nc(-c3ccccc3)n(C(c3ccccc3)C3CCOCC3)c2c1.COC=O. The highest BCUT2D eigenvalue weighted by Gasteiger charge is 2.30. The van der Waals surface area contributed by atoms with Crippen molar-refractivity contribution in [2.24, 2.45) is 5.92 Å². The molecule has 0 amide bonds. The molecule has 0 aliphatic carbocycles. The first-order valence-corrected chi connectivity index (χ1v) is 11.7. The van der Waals surface area contributed by atoms with Crippen LogP contribution in [0.5, 0.6) is 0 Å². The average Bonchev–Trinajstić information content (AvgIpc) is 3.24. The Balaban J connectivity index is 0.000000601. The van der Waals surface area contributed by atoms with E-state index in [4.69, 9.17) is 14.5 Å². The number of ether oxygens (including phenoxy) is 2. The number of hydrogen-bond acceptors (Lipinski definition) is 5. The summed E-state index contributed by atoms with van der Waals surface area (Å²) in [5, 5.41) is 0. The van der Waals surface area contributed by atoms with Gasteiger partial charge in [0.15, 0.2) is 5.65 Å². The van der Waals surface area contributed by atoms with E-state index in [9.17, 15) is 0 Å². The minimum Gasteiger partial charge on any atom is -0.471 e. The number of nitrogens with zero attached hydrogens (tertiary/aromatic N) is 3. The standard InChI is InChI=1S/C24H22BrN3O.C2H4O2/c25-20-15-21-23(26-16-20)27-24(19-9-5-2-6-10-19)28(21)22(17-7-3-1-4-8-17)18-11-13-29-14-12-18;1-4-2-3/h1-10,15-16,18,22H,11-14H2;2H,1H3. The van der Waals surface area contributed by atoms with E-state index in [1.807, 2.05) is 12.3 Å². The molecule has 0 radical (unpaired) electrons. The second-order valence-electron chi connectivity index (χ2n) is 7.80. The van der Waals surface area contributed by atoms with Crippen molar-refractivity contribution in [1.29, 1.82) is 0 Å². The first kappa shape index (κ1) is 23.1. The quantitative estimate of drug-likeness (QED) is 0.325. The Morgan fingerprint density at radius 2 is 1.73 bits per heavy atom. The van der Waals surface area contributed by atoms with E-state index in [2.05, 4.69) is 90.9 Å². The molecule has 170 valence electrons. The van der Waals surface area contributed by atoms with Gasteiger partial charge in [0.2, 0.25) is 0 Å².